The molecule has 0 spiro atoms. The van der Waals surface area contributed by atoms with Crippen molar-refractivity contribution < 1.29 is 9.31 Å². The zero-order valence-corrected chi connectivity index (χ0v) is 9.52. The van der Waals surface area contributed by atoms with Crippen LogP contribution in [0.2, 0.25) is 0 Å². The van der Waals surface area contributed by atoms with Crippen molar-refractivity contribution in [3.8, 4) is 0 Å². The van der Waals surface area contributed by atoms with Gasteiger partial charge in [-0.15, -0.1) is 0 Å². The first-order valence-corrected chi connectivity index (χ1v) is 6.24. The highest BCUT2D eigenvalue weighted by Crippen LogP contribution is 2.49. The Hall–Kier alpha value is -1.31. The van der Waals surface area contributed by atoms with Gasteiger partial charge in [-0.3, -0.25) is 0 Å². The number of ether oxygens (including phenoxy) is 1. The number of hydrogen-bond donors (Lipinski definition) is 0. The fourth-order valence-electron chi connectivity index (χ4n) is 3.79. The molecule has 1 aromatic carbocycles. The van der Waals surface area contributed by atoms with Crippen molar-refractivity contribution in [1.29, 1.82) is 0 Å². The number of rotatable bonds is 0. The van der Waals surface area contributed by atoms with E-state index in [1.54, 1.807) is 5.56 Å². The molecule has 4 rings (SSSR count). The molecule has 0 N–H and O–H groups in total. The average Bonchev–Trinajstić information content (AvgIpc) is 2.82. The van der Waals surface area contributed by atoms with E-state index in [4.69, 9.17) is 4.74 Å². The van der Waals surface area contributed by atoms with Crippen molar-refractivity contribution in [2.75, 3.05) is 0 Å². The fourth-order valence-corrected chi connectivity index (χ4v) is 3.79. The number of hydrogen-bond acceptors (Lipinski definition) is 1. The third kappa shape index (κ3) is 0.909. The first kappa shape index (κ1) is 8.80. The van der Waals surface area contributed by atoms with Crippen LogP contribution in [0.4, 0.5) is 5.69 Å². The molecule has 16 heavy (non-hydrogen) atoms. The maximum atomic E-state index is 6.00. The Kier molecular flexibility index (Phi) is 1.58. The molecule has 3 atom stereocenters. The van der Waals surface area contributed by atoms with Crippen LogP contribution < -0.4 is 0 Å². The summed E-state index contributed by atoms with van der Waals surface area (Å²) in [5.41, 5.74) is 2.93. The minimum atomic E-state index is 0.436. The summed E-state index contributed by atoms with van der Waals surface area (Å²) in [7, 11) is 0. The number of benzene rings is 1. The number of para-hydroxylation sites is 1. The Balaban J connectivity index is 1.97. The lowest BCUT2D eigenvalue weighted by Gasteiger charge is -2.24. The molecule has 1 aromatic rings. The molecule has 1 saturated carbocycles. The molecule has 2 aliphatic heterocycles. The molecule has 1 fully saturated rings. The largest absolute Gasteiger partial charge is 0.437 e. The zero-order chi connectivity index (χ0) is 10.7. The summed E-state index contributed by atoms with van der Waals surface area (Å²) >= 11 is 0. The minimum absolute atomic E-state index is 0.436. The van der Waals surface area contributed by atoms with E-state index in [9.17, 15) is 0 Å². The van der Waals surface area contributed by atoms with Gasteiger partial charge in [-0.2, -0.15) is 4.58 Å². The number of fused-ring (bicyclic) bond motifs is 3. The van der Waals surface area contributed by atoms with Gasteiger partial charge in [0.2, 0.25) is 11.7 Å². The van der Waals surface area contributed by atoms with Gasteiger partial charge in [0, 0.05) is 11.6 Å². The lowest BCUT2D eigenvalue weighted by molar-refractivity contribution is -0.472. The SMILES string of the molecule is CC1=[N+]2c3ccccc3C3CCCC(O1)C32. The van der Waals surface area contributed by atoms with Gasteiger partial charge in [0.1, 0.15) is 0 Å². The predicted molar refractivity (Wildman–Crippen MR) is 62.3 cm³/mol. The molecule has 3 aliphatic rings. The second kappa shape index (κ2) is 2.88. The first-order chi connectivity index (χ1) is 7.86. The van der Waals surface area contributed by atoms with Gasteiger partial charge < -0.3 is 4.74 Å². The molecule has 1 aliphatic carbocycles. The van der Waals surface area contributed by atoms with Gasteiger partial charge in [0.25, 0.3) is 0 Å². The van der Waals surface area contributed by atoms with E-state index in [0.29, 0.717) is 18.1 Å². The van der Waals surface area contributed by atoms with Gasteiger partial charge in [0.05, 0.1) is 12.8 Å². The van der Waals surface area contributed by atoms with Crippen LogP contribution in [0.3, 0.4) is 0 Å². The summed E-state index contributed by atoms with van der Waals surface area (Å²) in [6.07, 6.45) is 4.29. The van der Waals surface area contributed by atoms with E-state index < -0.39 is 0 Å². The second-order valence-electron chi connectivity index (χ2n) is 5.13. The molecule has 0 radical (unpaired) electrons. The molecule has 2 nitrogen and oxygen atoms in total. The fraction of sp³-hybridized carbons (Fsp3) is 0.500. The van der Waals surface area contributed by atoms with E-state index in [1.807, 2.05) is 0 Å². The maximum absolute atomic E-state index is 6.00. The van der Waals surface area contributed by atoms with Crippen LogP contribution in [0.15, 0.2) is 24.3 Å². The van der Waals surface area contributed by atoms with Crippen molar-refractivity contribution in [3.63, 3.8) is 0 Å². The van der Waals surface area contributed by atoms with Gasteiger partial charge in [-0.1, -0.05) is 18.2 Å². The Morgan fingerprint density at radius 3 is 3.06 bits per heavy atom. The van der Waals surface area contributed by atoms with Crippen LogP contribution in [-0.2, 0) is 4.74 Å². The smallest absolute Gasteiger partial charge is 0.339 e. The average molecular weight is 214 g/mol. The summed E-state index contributed by atoms with van der Waals surface area (Å²) in [4.78, 5) is 0. The summed E-state index contributed by atoms with van der Waals surface area (Å²) in [5.74, 6) is 1.80. The van der Waals surface area contributed by atoms with Gasteiger partial charge in [-0.05, 0) is 19.3 Å². The molecule has 2 heteroatoms. The molecule has 0 amide bonds. The standard InChI is InChI=1S/C14H16NO/c1-9-15-12-7-3-2-5-10(12)11-6-4-8-13(16-9)14(11)15/h2-3,5,7,11,13-14H,4,6,8H2,1H3/q+1. The third-order valence-corrected chi connectivity index (χ3v) is 4.35. The monoisotopic (exact) mass is 214 g/mol. The van der Waals surface area contributed by atoms with Crippen molar-refractivity contribution in [1.82, 2.24) is 0 Å². The van der Waals surface area contributed by atoms with E-state index in [0.717, 1.165) is 5.90 Å². The van der Waals surface area contributed by atoms with Crippen molar-refractivity contribution >= 4 is 11.6 Å². The van der Waals surface area contributed by atoms with Crippen LogP contribution in [-0.4, -0.2) is 22.6 Å². The van der Waals surface area contributed by atoms with Gasteiger partial charge in [-0.25, -0.2) is 0 Å². The second-order valence-corrected chi connectivity index (χ2v) is 5.13. The van der Waals surface area contributed by atoms with Crippen LogP contribution in [0.5, 0.6) is 0 Å². The zero-order valence-electron chi connectivity index (χ0n) is 9.52. The van der Waals surface area contributed by atoms with Gasteiger partial charge in [0.15, 0.2) is 6.10 Å². The van der Waals surface area contributed by atoms with Crippen LogP contribution >= 0.6 is 0 Å². The van der Waals surface area contributed by atoms with Gasteiger partial charge >= 0.3 is 5.90 Å². The molecule has 0 bridgehead atoms. The van der Waals surface area contributed by atoms with Crippen molar-refractivity contribution in [3.05, 3.63) is 29.8 Å². The van der Waals surface area contributed by atoms with Crippen LogP contribution in [0, 0.1) is 0 Å². The van der Waals surface area contributed by atoms with Crippen LogP contribution in [0.1, 0.15) is 37.7 Å². The summed E-state index contributed by atoms with van der Waals surface area (Å²) < 4.78 is 8.43. The minimum Gasteiger partial charge on any atom is -0.437 e. The summed E-state index contributed by atoms with van der Waals surface area (Å²) in [6, 6.07) is 9.43. The Morgan fingerprint density at radius 2 is 2.12 bits per heavy atom. The summed E-state index contributed by atoms with van der Waals surface area (Å²) in [6.45, 7) is 2.11. The van der Waals surface area contributed by atoms with E-state index in [-0.39, 0.29) is 0 Å². The Labute approximate surface area is 95.6 Å². The maximum Gasteiger partial charge on any atom is 0.339 e. The predicted octanol–water partition coefficient (Wildman–Crippen LogP) is 2.80. The van der Waals surface area contributed by atoms with Crippen LogP contribution in [0.25, 0.3) is 0 Å². The summed E-state index contributed by atoms with van der Waals surface area (Å²) in [5, 5.41) is 0. The highest BCUT2D eigenvalue weighted by Gasteiger charge is 2.56. The van der Waals surface area contributed by atoms with Crippen molar-refractivity contribution in [2.24, 2.45) is 0 Å². The quantitative estimate of drug-likeness (QED) is 0.605. The van der Waals surface area contributed by atoms with E-state index >= 15 is 0 Å². The third-order valence-electron chi connectivity index (χ3n) is 4.35. The lowest BCUT2D eigenvalue weighted by atomic mass is 9.81. The highest BCUT2D eigenvalue weighted by molar-refractivity contribution is 5.72. The molecule has 0 aromatic heterocycles. The lowest BCUT2D eigenvalue weighted by Crippen LogP contribution is -2.34. The first-order valence-electron chi connectivity index (χ1n) is 6.24. The Bertz CT molecular complexity index is 491. The topological polar surface area (TPSA) is 12.2 Å². The molecule has 3 unspecified atom stereocenters. The normalized spacial score (nSPS) is 34.7. The molecular formula is C14H16NO+. The van der Waals surface area contributed by atoms with E-state index in [1.165, 1.54) is 24.9 Å². The molecular weight excluding hydrogens is 198 g/mol. The van der Waals surface area contributed by atoms with E-state index in [2.05, 4.69) is 35.8 Å². The van der Waals surface area contributed by atoms with Crippen molar-refractivity contribution in [2.45, 2.75) is 44.2 Å². The molecule has 0 saturated heterocycles. The number of nitrogens with zero attached hydrogens (tertiary/aromatic N) is 1. The Morgan fingerprint density at radius 1 is 1.25 bits per heavy atom. The molecule has 2 heterocycles. The highest BCUT2D eigenvalue weighted by atomic mass is 16.5. The molecule has 82 valence electrons.